The average molecular weight is 677 g/mol. The quantitative estimate of drug-likeness (QED) is 0.0786. The number of allylic oxidation sites excluding steroid dienone is 1. The fraction of sp³-hybridized carbons (Fsp3) is 0.714. The van der Waals surface area contributed by atoms with Crippen molar-refractivity contribution in [2.24, 2.45) is 0 Å². The summed E-state index contributed by atoms with van der Waals surface area (Å²) in [6.07, 6.45) is 27.2. The van der Waals surface area contributed by atoms with Crippen LogP contribution >= 0.6 is 0 Å². The van der Waals surface area contributed by atoms with Crippen molar-refractivity contribution in [1.29, 1.82) is 0 Å². The number of unbranched alkanes of at least 4 members (excludes halogenated alkanes) is 18. The van der Waals surface area contributed by atoms with Crippen molar-refractivity contribution in [1.82, 2.24) is 19.8 Å². The maximum Gasteiger partial charge on any atom is 0.199 e. The molecule has 0 atom stereocenters. The second kappa shape index (κ2) is 22.0. The van der Waals surface area contributed by atoms with Gasteiger partial charge in [-0.15, -0.1) is 5.10 Å². The summed E-state index contributed by atoms with van der Waals surface area (Å²) in [4.78, 5) is 7.51. The molecule has 0 fully saturated rings. The van der Waals surface area contributed by atoms with Crippen molar-refractivity contribution in [3.8, 4) is 5.75 Å². The summed E-state index contributed by atoms with van der Waals surface area (Å²) in [7, 11) is 1.76. The van der Waals surface area contributed by atoms with Crippen LogP contribution in [-0.2, 0) is 5.41 Å². The zero-order chi connectivity index (χ0) is 35.5. The van der Waals surface area contributed by atoms with Crippen molar-refractivity contribution in [2.75, 3.05) is 30.4 Å². The number of ether oxygens (including phenoxy) is 1. The van der Waals surface area contributed by atoms with Gasteiger partial charge in [0.15, 0.2) is 11.5 Å². The summed E-state index contributed by atoms with van der Waals surface area (Å²) in [6, 6.07) is 6.63. The molecule has 0 unspecified atom stereocenters. The van der Waals surface area contributed by atoms with Crippen LogP contribution in [0.4, 0.5) is 17.1 Å². The van der Waals surface area contributed by atoms with Crippen LogP contribution in [0.1, 0.15) is 181 Å². The molecule has 0 amide bonds. The van der Waals surface area contributed by atoms with Crippen LogP contribution in [0.25, 0.3) is 11.2 Å². The molecule has 0 spiro atoms. The van der Waals surface area contributed by atoms with Gasteiger partial charge in [-0.3, -0.25) is 5.10 Å². The van der Waals surface area contributed by atoms with E-state index in [-0.39, 0.29) is 5.41 Å². The Kier molecular flexibility index (Phi) is 18.2. The van der Waals surface area contributed by atoms with Gasteiger partial charge < -0.3 is 15.0 Å². The van der Waals surface area contributed by atoms with Crippen LogP contribution in [0, 0.1) is 0 Å². The number of nitrogens with zero attached hydrogens (tertiary/aromatic N) is 4. The number of aromatic nitrogens is 4. The lowest BCUT2D eigenvalue weighted by molar-refractivity contribution is 0.416. The Morgan fingerprint density at radius 3 is 1.73 bits per heavy atom. The Balaban J connectivity index is 1.66. The van der Waals surface area contributed by atoms with Gasteiger partial charge in [-0.25, -0.2) is 4.98 Å². The van der Waals surface area contributed by atoms with Crippen LogP contribution in [0.2, 0.25) is 0 Å². The van der Waals surface area contributed by atoms with E-state index in [0.717, 1.165) is 53.0 Å². The highest BCUT2D eigenvalue weighted by atomic mass is 16.5. The number of methoxy groups -OCH3 is 1. The lowest BCUT2D eigenvalue weighted by Crippen LogP contribution is -2.25. The van der Waals surface area contributed by atoms with E-state index in [4.69, 9.17) is 14.8 Å². The molecule has 2 heterocycles. The summed E-state index contributed by atoms with van der Waals surface area (Å²) < 4.78 is 7.76. The van der Waals surface area contributed by atoms with E-state index in [9.17, 15) is 0 Å². The largest absolute Gasteiger partial charge is 0.494 e. The minimum atomic E-state index is -0.154. The molecule has 3 aromatic rings. The Hall–Kier alpha value is -2.96. The fourth-order valence-corrected chi connectivity index (χ4v) is 6.64. The van der Waals surface area contributed by atoms with Crippen LogP contribution in [0.15, 0.2) is 24.8 Å². The lowest BCUT2D eigenvalue weighted by Gasteiger charge is -2.26. The standard InChI is InChI=1S/C42H72N6O/c1-9-11-13-15-17-19-21-23-25-27-31-47(32-28-26-24-22-20-18-16-14-12-10-2)35-29-30-36(37(33-35)49-8)43-39-38(34(3)4)45-48-40(39)44-41(46-48)42(5,6)7/h29-30,33,43,45H,3,9-28,31-32H2,1-2,4-8H3. The van der Waals surface area contributed by atoms with Gasteiger partial charge in [0.2, 0.25) is 0 Å². The number of H-pyrrole nitrogens is 1. The Labute approximate surface area is 300 Å². The van der Waals surface area contributed by atoms with E-state index in [0.29, 0.717) is 0 Å². The van der Waals surface area contributed by atoms with Crippen molar-refractivity contribution < 1.29 is 4.74 Å². The summed E-state index contributed by atoms with van der Waals surface area (Å²) in [5, 5.41) is 11.8. The first-order valence-electron chi connectivity index (χ1n) is 20.0. The Morgan fingerprint density at radius 1 is 0.796 bits per heavy atom. The van der Waals surface area contributed by atoms with E-state index >= 15 is 0 Å². The number of hydrogen-bond donors (Lipinski definition) is 2. The van der Waals surface area contributed by atoms with Gasteiger partial charge in [-0.2, -0.15) is 4.63 Å². The summed E-state index contributed by atoms with van der Waals surface area (Å²) >= 11 is 0. The number of benzene rings is 1. The molecule has 7 nitrogen and oxygen atoms in total. The van der Waals surface area contributed by atoms with Crippen LogP contribution in [-0.4, -0.2) is 40.0 Å². The van der Waals surface area contributed by atoms with Gasteiger partial charge in [-0.05, 0) is 37.5 Å². The number of rotatable bonds is 27. The molecule has 49 heavy (non-hydrogen) atoms. The molecule has 0 saturated carbocycles. The molecule has 2 N–H and O–H groups in total. The molecular formula is C42H72N6O. The second-order valence-corrected chi connectivity index (χ2v) is 15.4. The highest BCUT2D eigenvalue weighted by Crippen LogP contribution is 2.36. The van der Waals surface area contributed by atoms with Crippen molar-refractivity contribution >= 4 is 28.3 Å². The minimum Gasteiger partial charge on any atom is -0.494 e. The lowest BCUT2D eigenvalue weighted by atomic mass is 9.96. The molecule has 2 aromatic heterocycles. The summed E-state index contributed by atoms with van der Waals surface area (Å²) in [6.45, 7) is 19.4. The topological polar surface area (TPSA) is 70.5 Å². The predicted octanol–water partition coefficient (Wildman–Crippen LogP) is 12.8. The smallest absolute Gasteiger partial charge is 0.199 e. The zero-order valence-electron chi connectivity index (χ0n) is 32.7. The molecule has 7 heteroatoms. The summed E-state index contributed by atoms with van der Waals surface area (Å²) in [5.41, 5.74) is 5.44. The first-order chi connectivity index (χ1) is 23.7. The maximum absolute atomic E-state index is 6.00. The SMILES string of the molecule is C=C(C)c1[nH]n2nc(C(C)(C)C)nc2c1Nc1ccc(N(CCCCCCCCCCCC)CCCCCCCCCCCC)cc1OC. The number of fused-ring (bicyclic) bond motifs is 1. The van der Waals surface area contributed by atoms with E-state index in [1.807, 2.05) is 6.92 Å². The van der Waals surface area contributed by atoms with E-state index in [1.165, 1.54) is 134 Å². The molecule has 0 aliphatic rings. The highest BCUT2D eigenvalue weighted by Gasteiger charge is 2.24. The Morgan fingerprint density at radius 2 is 1.29 bits per heavy atom. The van der Waals surface area contributed by atoms with Crippen molar-refractivity contribution in [3.05, 3.63) is 36.3 Å². The van der Waals surface area contributed by atoms with Crippen LogP contribution in [0.5, 0.6) is 5.75 Å². The number of anilines is 3. The molecule has 0 aliphatic carbocycles. The van der Waals surface area contributed by atoms with Crippen molar-refractivity contribution in [3.63, 3.8) is 0 Å². The molecular weight excluding hydrogens is 605 g/mol. The van der Waals surface area contributed by atoms with E-state index in [1.54, 1.807) is 11.7 Å². The number of aromatic amines is 1. The van der Waals surface area contributed by atoms with Gasteiger partial charge in [0.25, 0.3) is 0 Å². The molecule has 1 aromatic carbocycles. The molecule has 276 valence electrons. The monoisotopic (exact) mass is 677 g/mol. The van der Waals surface area contributed by atoms with Crippen molar-refractivity contribution in [2.45, 2.75) is 175 Å². The zero-order valence-corrected chi connectivity index (χ0v) is 32.7. The molecule has 3 rings (SSSR count). The first-order valence-corrected chi connectivity index (χ1v) is 20.0. The summed E-state index contributed by atoms with van der Waals surface area (Å²) in [5.74, 6) is 1.63. The molecule has 0 bridgehead atoms. The van der Waals surface area contributed by atoms with Gasteiger partial charge in [0.05, 0.1) is 18.5 Å². The fourth-order valence-electron chi connectivity index (χ4n) is 6.64. The molecule has 0 radical (unpaired) electrons. The normalized spacial score (nSPS) is 11.8. The van der Waals surface area contributed by atoms with E-state index in [2.05, 4.69) is 74.7 Å². The third-order valence-corrected chi connectivity index (χ3v) is 9.77. The number of hydrogen-bond acceptors (Lipinski definition) is 5. The van der Waals surface area contributed by atoms with Crippen LogP contribution in [0.3, 0.4) is 0 Å². The number of nitrogens with one attached hydrogen (secondary N) is 2. The van der Waals surface area contributed by atoms with Crippen LogP contribution < -0.4 is 15.0 Å². The first kappa shape index (κ1) is 40.5. The maximum atomic E-state index is 6.00. The van der Waals surface area contributed by atoms with Gasteiger partial charge in [0.1, 0.15) is 11.4 Å². The minimum absolute atomic E-state index is 0.154. The average Bonchev–Trinajstić information content (AvgIpc) is 3.65. The third kappa shape index (κ3) is 13.7. The molecule has 0 aliphatic heterocycles. The van der Waals surface area contributed by atoms with Gasteiger partial charge in [-0.1, -0.05) is 157 Å². The predicted molar refractivity (Wildman–Crippen MR) is 213 cm³/mol. The highest BCUT2D eigenvalue weighted by molar-refractivity contribution is 5.86. The van der Waals surface area contributed by atoms with E-state index < -0.39 is 0 Å². The van der Waals surface area contributed by atoms with Gasteiger partial charge in [0, 0.05) is 30.3 Å². The third-order valence-electron chi connectivity index (χ3n) is 9.77. The second-order valence-electron chi connectivity index (χ2n) is 15.4. The Bertz CT molecular complexity index is 1330. The van der Waals surface area contributed by atoms with Gasteiger partial charge >= 0.3 is 0 Å². The molecule has 0 saturated heterocycles.